The summed E-state index contributed by atoms with van der Waals surface area (Å²) in [5.74, 6) is 2.51. The minimum absolute atomic E-state index is 0.547. The monoisotopic (exact) mass is 233 g/mol. The molecule has 1 aromatic rings. The summed E-state index contributed by atoms with van der Waals surface area (Å²) in [5, 5.41) is 11.7. The van der Waals surface area contributed by atoms with Crippen molar-refractivity contribution in [1.82, 2.24) is 20.5 Å². The average Bonchev–Trinajstić information content (AvgIpc) is 2.94. The fourth-order valence-electron chi connectivity index (χ4n) is 2.71. The lowest BCUT2D eigenvalue weighted by Gasteiger charge is -2.28. The number of nitrogens with zero attached hydrogens (tertiary/aromatic N) is 4. The maximum Gasteiger partial charge on any atom is 0.156 e. The molecule has 5 nitrogen and oxygen atoms in total. The van der Waals surface area contributed by atoms with Gasteiger partial charge in [0.1, 0.15) is 0 Å². The van der Waals surface area contributed by atoms with E-state index in [1.807, 2.05) is 0 Å². The first kappa shape index (κ1) is 10.9. The molecule has 1 N–H and O–H groups in total. The molecular weight excluding hydrogens is 214 g/mol. The predicted octanol–water partition coefficient (Wildman–Crippen LogP) is 0.939. The van der Waals surface area contributed by atoms with E-state index in [9.17, 15) is 0 Å². The summed E-state index contributed by atoms with van der Waals surface area (Å²) in [5.41, 5.74) is 0. The molecule has 2 fully saturated rings. The Hall–Kier alpha value is -1.23. The van der Waals surface area contributed by atoms with Gasteiger partial charge < -0.3 is 10.2 Å². The number of piperazine rings is 1. The van der Waals surface area contributed by atoms with Crippen molar-refractivity contribution in [3.63, 3.8) is 0 Å². The molecule has 0 radical (unpaired) electrons. The fourth-order valence-corrected chi connectivity index (χ4v) is 2.71. The Labute approximate surface area is 102 Å². The minimum atomic E-state index is 0.547. The zero-order valence-electron chi connectivity index (χ0n) is 10.1. The molecule has 1 saturated carbocycles. The van der Waals surface area contributed by atoms with Gasteiger partial charge >= 0.3 is 0 Å². The molecule has 1 aliphatic heterocycles. The maximum absolute atomic E-state index is 4.70. The van der Waals surface area contributed by atoms with Gasteiger partial charge in [-0.2, -0.15) is 5.10 Å². The summed E-state index contributed by atoms with van der Waals surface area (Å²) in [6.45, 7) is 4.09. The van der Waals surface area contributed by atoms with Crippen molar-refractivity contribution < 1.29 is 0 Å². The van der Waals surface area contributed by atoms with Crippen LogP contribution >= 0.6 is 0 Å². The molecule has 5 heteroatoms. The molecule has 0 amide bonds. The van der Waals surface area contributed by atoms with Crippen LogP contribution in [0.5, 0.6) is 0 Å². The second kappa shape index (κ2) is 4.96. The molecule has 0 atom stereocenters. The van der Waals surface area contributed by atoms with Crippen LogP contribution in [0.2, 0.25) is 0 Å². The highest BCUT2D eigenvalue weighted by Crippen LogP contribution is 2.32. The van der Waals surface area contributed by atoms with Crippen LogP contribution in [-0.4, -0.2) is 41.4 Å². The molecule has 0 bridgehead atoms. The van der Waals surface area contributed by atoms with Crippen molar-refractivity contribution in [2.45, 2.75) is 31.6 Å². The molecule has 1 aromatic heterocycles. The summed E-state index contributed by atoms with van der Waals surface area (Å²) in [6.07, 6.45) is 6.88. The summed E-state index contributed by atoms with van der Waals surface area (Å²) >= 11 is 0. The molecule has 0 aromatic carbocycles. The first-order valence-electron chi connectivity index (χ1n) is 6.59. The Bertz CT molecular complexity index is 369. The Morgan fingerprint density at radius 2 is 1.94 bits per heavy atom. The van der Waals surface area contributed by atoms with Gasteiger partial charge in [0.25, 0.3) is 0 Å². The smallest absolute Gasteiger partial charge is 0.156 e. The highest BCUT2D eigenvalue weighted by molar-refractivity contribution is 5.36. The van der Waals surface area contributed by atoms with Crippen LogP contribution in [0.1, 0.15) is 37.4 Å². The quantitative estimate of drug-likeness (QED) is 0.824. The summed E-state index contributed by atoms with van der Waals surface area (Å²) in [7, 11) is 0. The van der Waals surface area contributed by atoms with Crippen LogP contribution in [0, 0.1) is 0 Å². The van der Waals surface area contributed by atoms with Crippen molar-refractivity contribution in [2.75, 3.05) is 31.1 Å². The fraction of sp³-hybridized carbons (Fsp3) is 0.750. The predicted molar refractivity (Wildman–Crippen MR) is 66.1 cm³/mol. The normalized spacial score (nSPS) is 22.0. The van der Waals surface area contributed by atoms with Gasteiger partial charge in [-0.25, -0.2) is 4.98 Å². The van der Waals surface area contributed by atoms with Crippen LogP contribution in [0.25, 0.3) is 0 Å². The van der Waals surface area contributed by atoms with Gasteiger partial charge in [0, 0.05) is 32.1 Å². The van der Waals surface area contributed by atoms with Crippen molar-refractivity contribution >= 4 is 5.82 Å². The van der Waals surface area contributed by atoms with Crippen molar-refractivity contribution in [1.29, 1.82) is 0 Å². The van der Waals surface area contributed by atoms with E-state index in [2.05, 4.69) is 20.4 Å². The van der Waals surface area contributed by atoms with Crippen molar-refractivity contribution in [3.05, 3.63) is 12.0 Å². The summed E-state index contributed by atoms with van der Waals surface area (Å²) in [4.78, 5) is 7.00. The van der Waals surface area contributed by atoms with Crippen LogP contribution in [0.15, 0.2) is 6.20 Å². The third kappa shape index (κ3) is 2.39. The molecule has 2 aliphatic rings. The SMILES string of the molecule is c1nnc(C2CCCC2)nc1N1CCNCC1. The Kier molecular flexibility index (Phi) is 3.18. The largest absolute Gasteiger partial charge is 0.353 e. The standard InChI is InChI=1S/C12H19N5/c1-2-4-10(3-1)12-15-11(9-14-16-12)17-7-5-13-6-8-17/h9-10,13H,1-8H2. The van der Waals surface area contributed by atoms with Crippen LogP contribution in [0.4, 0.5) is 5.82 Å². The number of nitrogens with one attached hydrogen (secondary N) is 1. The van der Waals surface area contributed by atoms with Gasteiger partial charge in [-0.3, -0.25) is 0 Å². The molecule has 0 unspecified atom stereocenters. The zero-order valence-corrected chi connectivity index (χ0v) is 10.1. The van der Waals surface area contributed by atoms with E-state index in [4.69, 9.17) is 4.98 Å². The minimum Gasteiger partial charge on any atom is -0.353 e. The molecule has 17 heavy (non-hydrogen) atoms. The lowest BCUT2D eigenvalue weighted by atomic mass is 10.1. The second-order valence-corrected chi connectivity index (χ2v) is 4.89. The van der Waals surface area contributed by atoms with E-state index in [0.717, 1.165) is 37.8 Å². The number of aromatic nitrogens is 3. The molecule has 92 valence electrons. The Balaban J connectivity index is 1.77. The van der Waals surface area contributed by atoms with E-state index in [-0.39, 0.29) is 0 Å². The third-order valence-corrected chi connectivity index (χ3v) is 3.72. The second-order valence-electron chi connectivity index (χ2n) is 4.89. The topological polar surface area (TPSA) is 53.9 Å². The molecule has 0 spiro atoms. The molecule has 3 rings (SSSR count). The van der Waals surface area contributed by atoms with Gasteiger partial charge in [0.15, 0.2) is 11.6 Å². The average molecular weight is 233 g/mol. The highest BCUT2D eigenvalue weighted by Gasteiger charge is 2.21. The highest BCUT2D eigenvalue weighted by atomic mass is 15.3. The lowest BCUT2D eigenvalue weighted by molar-refractivity contribution is 0.576. The van der Waals surface area contributed by atoms with Gasteiger partial charge in [0.2, 0.25) is 0 Å². The van der Waals surface area contributed by atoms with E-state index < -0.39 is 0 Å². The van der Waals surface area contributed by atoms with Crippen LogP contribution < -0.4 is 10.2 Å². The number of anilines is 1. The van der Waals surface area contributed by atoms with Crippen LogP contribution in [-0.2, 0) is 0 Å². The van der Waals surface area contributed by atoms with E-state index in [0.29, 0.717) is 5.92 Å². The van der Waals surface area contributed by atoms with Crippen LogP contribution in [0.3, 0.4) is 0 Å². The van der Waals surface area contributed by atoms with Gasteiger partial charge in [0.05, 0.1) is 6.20 Å². The Morgan fingerprint density at radius 1 is 1.18 bits per heavy atom. The van der Waals surface area contributed by atoms with Gasteiger partial charge in [-0.05, 0) is 12.8 Å². The van der Waals surface area contributed by atoms with Crippen molar-refractivity contribution in [2.24, 2.45) is 0 Å². The molecule has 1 saturated heterocycles. The van der Waals surface area contributed by atoms with E-state index in [1.54, 1.807) is 6.20 Å². The van der Waals surface area contributed by atoms with Gasteiger partial charge in [-0.1, -0.05) is 12.8 Å². The summed E-state index contributed by atoms with van der Waals surface area (Å²) < 4.78 is 0. The summed E-state index contributed by atoms with van der Waals surface area (Å²) in [6, 6.07) is 0. The first-order chi connectivity index (χ1) is 8.43. The number of rotatable bonds is 2. The van der Waals surface area contributed by atoms with E-state index in [1.165, 1.54) is 25.7 Å². The molecule has 1 aliphatic carbocycles. The number of hydrogen-bond donors (Lipinski definition) is 1. The first-order valence-corrected chi connectivity index (χ1v) is 6.59. The maximum atomic E-state index is 4.70. The van der Waals surface area contributed by atoms with E-state index >= 15 is 0 Å². The molecular formula is C12H19N5. The lowest BCUT2D eigenvalue weighted by Crippen LogP contribution is -2.44. The number of hydrogen-bond acceptors (Lipinski definition) is 5. The van der Waals surface area contributed by atoms with Gasteiger partial charge in [-0.15, -0.1) is 5.10 Å². The van der Waals surface area contributed by atoms with Crippen molar-refractivity contribution in [3.8, 4) is 0 Å². The third-order valence-electron chi connectivity index (χ3n) is 3.72. The molecule has 2 heterocycles. The Morgan fingerprint density at radius 3 is 2.71 bits per heavy atom. The zero-order chi connectivity index (χ0) is 11.5.